The summed E-state index contributed by atoms with van der Waals surface area (Å²) in [5.74, 6) is 1.34. The fourth-order valence-electron chi connectivity index (χ4n) is 1.53. The third-order valence-corrected chi connectivity index (χ3v) is 2.27. The van der Waals surface area contributed by atoms with Crippen molar-refractivity contribution in [3.8, 4) is 0 Å². The van der Waals surface area contributed by atoms with E-state index >= 15 is 0 Å². The summed E-state index contributed by atoms with van der Waals surface area (Å²) >= 11 is 0. The van der Waals surface area contributed by atoms with Crippen LogP contribution in [0.1, 0.15) is 24.2 Å². The van der Waals surface area contributed by atoms with Gasteiger partial charge >= 0.3 is 0 Å². The molecule has 1 N–H and O–H groups in total. The first-order valence-corrected chi connectivity index (χ1v) is 4.36. The second kappa shape index (κ2) is 4.72. The van der Waals surface area contributed by atoms with Gasteiger partial charge in [0.2, 0.25) is 5.89 Å². The van der Waals surface area contributed by atoms with E-state index in [0.717, 1.165) is 13.0 Å². The highest BCUT2D eigenvalue weighted by Gasteiger charge is 2.28. The van der Waals surface area contributed by atoms with Gasteiger partial charge in [0.1, 0.15) is 0 Å². The summed E-state index contributed by atoms with van der Waals surface area (Å²) in [6, 6.07) is 0.158. The van der Waals surface area contributed by atoms with Gasteiger partial charge in [0, 0.05) is 13.7 Å². The van der Waals surface area contributed by atoms with Gasteiger partial charge in [-0.1, -0.05) is 5.16 Å². The minimum Gasteiger partial charge on any atom is -0.380 e. The fourth-order valence-corrected chi connectivity index (χ4v) is 1.53. The number of aromatic nitrogens is 2. The van der Waals surface area contributed by atoms with Crippen molar-refractivity contribution < 1.29 is 9.26 Å². The molecule has 6 heteroatoms. The van der Waals surface area contributed by atoms with Gasteiger partial charge in [0.25, 0.3) is 0 Å². The number of nitrogens with one attached hydrogen (secondary N) is 1. The van der Waals surface area contributed by atoms with Crippen LogP contribution >= 0.6 is 12.4 Å². The Balaban J connectivity index is 0.000000980. The summed E-state index contributed by atoms with van der Waals surface area (Å²) in [5.41, 5.74) is 0. The van der Waals surface area contributed by atoms with Crippen molar-refractivity contribution >= 4 is 12.4 Å². The van der Waals surface area contributed by atoms with Crippen molar-refractivity contribution in [1.82, 2.24) is 15.5 Å². The second-order valence-corrected chi connectivity index (χ2v) is 3.23. The molecule has 1 saturated heterocycles. The van der Waals surface area contributed by atoms with Gasteiger partial charge in [-0.2, -0.15) is 4.98 Å². The van der Waals surface area contributed by atoms with Crippen molar-refractivity contribution in [2.45, 2.75) is 25.5 Å². The third kappa shape index (κ3) is 2.23. The van der Waals surface area contributed by atoms with E-state index in [2.05, 4.69) is 15.5 Å². The van der Waals surface area contributed by atoms with Gasteiger partial charge in [0.15, 0.2) is 5.82 Å². The molecule has 1 aliphatic rings. The zero-order valence-corrected chi connectivity index (χ0v) is 9.00. The number of nitrogens with zero attached hydrogens (tertiary/aromatic N) is 2. The standard InChI is InChI=1S/C8H13N3O2.ClH/c1-5-10-8(13-11-5)7-3-6(12-2)4-9-7;/h6-7,9H,3-4H2,1-2H3;1H/t6-,7+;/m0./s1. The molecule has 5 nitrogen and oxygen atoms in total. The highest BCUT2D eigenvalue weighted by molar-refractivity contribution is 5.85. The SMILES string of the molecule is CO[C@@H]1CN[C@@H](c2nc(C)no2)C1.Cl. The smallest absolute Gasteiger partial charge is 0.243 e. The molecule has 2 rings (SSSR count). The Labute approximate surface area is 88.6 Å². The van der Waals surface area contributed by atoms with Crippen molar-refractivity contribution in [3.05, 3.63) is 11.7 Å². The Hall–Kier alpha value is -0.650. The number of aryl methyl sites for hydroxylation is 1. The molecule has 1 fully saturated rings. The Morgan fingerprint density at radius 2 is 2.36 bits per heavy atom. The Kier molecular flexibility index (Phi) is 3.86. The number of halogens is 1. The first-order chi connectivity index (χ1) is 6.29. The zero-order chi connectivity index (χ0) is 9.26. The molecule has 0 bridgehead atoms. The Morgan fingerprint density at radius 1 is 1.57 bits per heavy atom. The summed E-state index contributed by atoms with van der Waals surface area (Å²) in [7, 11) is 1.72. The van der Waals surface area contributed by atoms with Gasteiger partial charge < -0.3 is 14.6 Å². The summed E-state index contributed by atoms with van der Waals surface area (Å²) < 4.78 is 10.3. The van der Waals surface area contributed by atoms with E-state index in [4.69, 9.17) is 9.26 Å². The number of hydrogen-bond acceptors (Lipinski definition) is 5. The normalized spacial score (nSPS) is 26.1. The predicted octanol–water partition coefficient (Wildman–Crippen LogP) is 0.849. The average molecular weight is 220 g/mol. The first kappa shape index (κ1) is 11.4. The minimum atomic E-state index is 0. The van der Waals surface area contributed by atoms with Crippen molar-refractivity contribution in [1.29, 1.82) is 0 Å². The predicted molar refractivity (Wildman–Crippen MR) is 52.4 cm³/mol. The number of rotatable bonds is 2. The first-order valence-electron chi connectivity index (χ1n) is 4.36. The van der Waals surface area contributed by atoms with Crippen LogP contribution in [-0.4, -0.2) is 29.9 Å². The molecule has 0 radical (unpaired) electrons. The van der Waals surface area contributed by atoms with Gasteiger partial charge in [-0.05, 0) is 13.3 Å². The van der Waals surface area contributed by atoms with E-state index < -0.39 is 0 Å². The van der Waals surface area contributed by atoms with E-state index in [9.17, 15) is 0 Å². The molecule has 1 aliphatic heterocycles. The lowest BCUT2D eigenvalue weighted by Crippen LogP contribution is -2.16. The van der Waals surface area contributed by atoms with Crippen LogP contribution in [0.25, 0.3) is 0 Å². The zero-order valence-electron chi connectivity index (χ0n) is 8.19. The van der Waals surface area contributed by atoms with Crippen molar-refractivity contribution in [3.63, 3.8) is 0 Å². The summed E-state index contributed by atoms with van der Waals surface area (Å²) in [4.78, 5) is 4.17. The van der Waals surface area contributed by atoms with Crippen LogP contribution in [0.4, 0.5) is 0 Å². The highest BCUT2D eigenvalue weighted by atomic mass is 35.5. The number of ether oxygens (including phenoxy) is 1. The maximum absolute atomic E-state index is 5.22. The molecule has 0 amide bonds. The van der Waals surface area contributed by atoms with Crippen LogP contribution in [-0.2, 0) is 4.74 Å². The molecule has 1 aromatic rings. The number of methoxy groups -OCH3 is 1. The quantitative estimate of drug-likeness (QED) is 0.799. The monoisotopic (exact) mass is 219 g/mol. The van der Waals surface area contributed by atoms with E-state index in [1.54, 1.807) is 7.11 Å². The Morgan fingerprint density at radius 3 is 2.86 bits per heavy atom. The summed E-state index contributed by atoms with van der Waals surface area (Å²) in [6.07, 6.45) is 1.16. The van der Waals surface area contributed by atoms with Gasteiger partial charge in [-0.25, -0.2) is 0 Å². The van der Waals surface area contributed by atoms with Gasteiger partial charge in [-0.15, -0.1) is 12.4 Å². The van der Waals surface area contributed by atoms with Crippen LogP contribution in [0.3, 0.4) is 0 Å². The molecular formula is C8H14ClN3O2. The molecule has 0 saturated carbocycles. The largest absolute Gasteiger partial charge is 0.380 e. The lowest BCUT2D eigenvalue weighted by molar-refractivity contribution is 0.116. The molecule has 80 valence electrons. The molecule has 0 spiro atoms. The average Bonchev–Trinajstić information content (AvgIpc) is 2.71. The van der Waals surface area contributed by atoms with Gasteiger partial charge in [0.05, 0.1) is 12.1 Å². The lowest BCUT2D eigenvalue weighted by Gasteiger charge is -2.03. The minimum absolute atomic E-state index is 0. The molecule has 2 atom stereocenters. The molecule has 1 aromatic heterocycles. The molecule has 0 aliphatic carbocycles. The molecular weight excluding hydrogens is 206 g/mol. The van der Waals surface area contributed by atoms with Crippen molar-refractivity contribution in [2.75, 3.05) is 13.7 Å². The summed E-state index contributed by atoms with van der Waals surface area (Å²) in [6.45, 7) is 2.67. The maximum atomic E-state index is 5.22. The van der Waals surface area contributed by atoms with E-state index in [-0.39, 0.29) is 24.6 Å². The van der Waals surface area contributed by atoms with Crippen molar-refractivity contribution in [2.24, 2.45) is 0 Å². The Bertz CT molecular complexity index is 292. The van der Waals surface area contributed by atoms with Crippen LogP contribution < -0.4 is 5.32 Å². The van der Waals surface area contributed by atoms with Crippen LogP contribution in [0, 0.1) is 6.92 Å². The van der Waals surface area contributed by atoms with E-state index in [1.807, 2.05) is 6.92 Å². The fraction of sp³-hybridized carbons (Fsp3) is 0.750. The molecule has 2 heterocycles. The molecule has 0 aromatic carbocycles. The van der Waals surface area contributed by atoms with Crippen LogP contribution in [0.2, 0.25) is 0 Å². The van der Waals surface area contributed by atoms with E-state index in [0.29, 0.717) is 11.7 Å². The maximum Gasteiger partial charge on any atom is 0.243 e. The van der Waals surface area contributed by atoms with Gasteiger partial charge in [-0.3, -0.25) is 0 Å². The lowest BCUT2D eigenvalue weighted by atomic mass is 10.2. The molecule has 0 unspecified atom stereocenters. The highest BCUT2D eigenvalue weighted by Crippen LogP contribution is 2.22. The summed E-state index contributed by atoms with van der Waals surface area (Å²) in [5, 5.41) is 7.01. The third-order valence-electron chi connectivity index (χ3n) is 2.27. The second-order valence-electron chi connectivity index (χ2n) is 3.23. The van der Waals surface area contributed by atoms with Crippen LogP contribution in [0.5, 0.6) is 0 Å². The van der Waals surface area contributed by atoms with Crippen LogP contribution in [0.15, 0.2) is 4.52 Å². The molecule has 14 heavy (non-hydrogen) atoms. The number of hydrogen-bond donors (Lipinski definition) is 1. The topological polar surface area (TPSA) is 60.2 Å². The van der Waals surface area contributed by atoms with E-state index in [1.165, 1.54) is 0 Å².